The van der Waals surface area contributed by atoms with E-state index in [1.165, 1.54) is 12.1 Å². The lowest BCUT2D eigenvalue weighted by molar-refractivity contribution is -0.130. The molecular formula is C27H26FN3O4. The minimum absolute atomic E-state index is 0.0494. The van der Waals surface area contributed by atoms with Crippen LogP contribution in [0.2, 0.25) is 0 Å². The monoisotopic (exact) mass is 475 g/mol. The third-order valence-corrected chi connectivity index (χ3v) is 5.88. The van der Waals surface area contributed by atoms with Gasteiger partial charge in [-0.1, -0.05) is 36.4 Å². The molecule has 1 fully saturated rings. The average molecular weight is 476 g/mol. The molecule has 0 saturated carbocycles. The first-order valence-corrected chi connectivity index (χ1v) is 11.3. The zero-order valence-electron chi connectivity index (χ0n) is 19.3. The molecule has 35 heavy (non-hydrogen) atoms. The Morgan fingerprint density at radius 1 is 1.06 bits per heavy atom. The van der Waals surface area contributed by atoms with Crippen molar-refractivity contribution in [1.29, 1.82) is 0 Å². The second-order valence-corrected chi connectivity index (χ2v) is 8.29. The number of nitrogens with zero attached hydrogens (tertiary/aromatic N) is 1. The van der Waals surface area contributed by atoms with Crippen LogP contribution in [0, 0.1) is 5.82 Å². The van der Waals surface area contributed by atoms with Crippen molar-refractivity contribution in [3.05, 3.63) is 101 Å². The van der Waals surface area contributed by atoms with Crippen LogP contribution < -0.4 is 15.4 Å². The van der Waals surface area contributed by atoms with Crippen LogP contribution in [0.1, 0.15) is 39.5 Å². The molecule has 0 bridgehead atoms. The molecule has 0 spiro atoms. The molecule has 4 amide bonds. The molecule has 1 unspecified atom stereocenters. The number of halogens is 1. The van der Waals surface area contributed by atoms with E-state index in [2.05, 4.69) is 10.6 Å². The maximum Gasteiger partial charge on any atom is 0.324 e. The minimum atomic E-state index is -0.523. The molecule has 0 aliphatic carbocycles. The highest BCUT2D eigenvalue weighted by Gasteiger charge is 2.32. The van der Waals surface area contributed by atoms with Gasteiger partial charge in [-0.2, -0.15) is 0 Å². The Hall–Kier alpha value is -4.20. The fraction of sp³-hybridized carbons (Fsp3) is 0.222. The molecule has 7 nitrogen and oxygen atoms in total. The third kappa shape index (κ3) is 6.03. The first-order chi connectivity index (χ1) is 16.9. The molecule has 1 saturated heterocycles. The van der Waals surface area contributed by atoms with Crippen molar-refractivity contribution in [1.82, 2.24) is 15.5 Å². The lowest BCUT2D eigenvalue weighted by Crippen LogP contribution is -2.50. The minimum Gasteiger partial charge on any atom is -0.497 e. The summed E-state index contributed by atoms with van der Waals surface area (Å²) in [4.78, 5) is 39.1. The normalized spacial score (nSPS) is 15.5. The maximum atomic E-state index is 13.2. The topological polar surface area (TPSA) is 87.7 Å². The lowest BCUT2D eigenvalue weighted by atomic mass is 10.0. The number of amides is 4. The summed E-state index contributed by atoms with van der Waals surface area (Å²) in [5.41, 5.74) is 2.86. The number of methoxy groups -OCH3 is 1. The van der Waals surface area contributed by atoms with Crippen LogP contribution in [-0.4, -0.2) is 36.4 Å². The van der Waals surface area contributed by atoms with Gasteiger partial charge in [-0.05, 0) is 59.5 Å². The molecule has 1 atom stereocenters. The van der Waals surface area contributed by atoms with Gasteiger partial charge in [0.25, 0.3) is 5.91 Å². The highest BCUT2D eigenvalue weighted by atomic mass is 19.1. The van der Waals surface area contributed by atoms with Gasteiger partial charge in [-0.15, -0.1) is 0 Å². The molecule has 2 N–H and O–H groups in total. The molecule has 1 heterocycles. The van der Waals surface area contributed by atoms with Crippen molar-refractivity contribution in [2.75, 3.05) is 13.7 Å². The summed E-state index contributed by atoms with van der Waals surface area (Å²) >= 11 is 0. The Balaban J connectivity index is 1.33. The van der Waals surface area contributed by atoms with Gasteiger partial charge >= 0.3 is 6.03 Å². The number of urea groups is 1. The van der Waals surface area contributed by atoms with Gasteiger partial charge < -0.3 is 15.4 Å². The van der Waals surface area contributed by atoms with Crippen LogP contribution >= 0.6 is 0 Å². The van der Waals surface area contributed by atoms with Gasteiger partial charge in [0.1, 0.15) is 11.6 Å². The zero-order chi connectivity index (χ0) is 24.8. The van der Waals surface area contributed by atoms with Crippen molar-refractivity contribution in [3.63, 3.8) is 0 Å². The van der Waals surface area contributed by atoms with Crippen molar-refractivity contribution in [2.45, 2.75) is 25.4 Å². The number of hydrogen-bond acceptors (Lipinski definition) is 4. The summed E-state index contributed by atoms with van der Waals surface area (Å²) in [6.45, 7) is 0.515. The smallest absolute Gasteiger partial charge is 0.324 e. The average Bonchev–Trinajstić information content (AvgIpc) is 2.87. The number of ether oxygens (including phenoxy) is 1. The number of rotatable bonds is 8. The number of benzene rings is 3. The van der Waals surface area contributed by atoms with Crippen LogP contribution in [-0.2, 0) is 17.8 Å². The van der Waals surface area contributed by atoms with E-state index in [9.17, 15) is 18.8 Å². The summed E-state index contributed by atoms with van der Waals surface area (Å²) in [6.07, 6.45) is 0.746. The van der Waals surface area contributed by atoms with E-state index >= 15 is 0 Å². The van der Waals surface area contributed by atoms with Crippen LogP contribution in [0.3, 0.4) is 0 Å². The molecule has 8 heteroatoms. The fourth-order valence-corrected chi connectivity index (χ4v) is 3.94. The first kappa shape index (κ1) is 23.9. The largest absolute Gasteiger partial charge is 0.497 e. The zero-order valence-corrected chi connectivity index (χ0v) is 19.3. The molecule has 1 aliphatic rings. The number of imide groups is 1. The van der Waals surface area contributed by atoms with Crippen LogP contribution in [0.25, 0.3) is 0 Å². The van der Waals surface area contributed by atoms with Gasteiger partial charge in [0.2, 0.25) is 5.91 Å². The second-order valence-electron chi connectivity index (χ2n) is 8.29. The van der Waals surface area contributed by atoms with E-state index in [-0.39, 0.29) is 30.6 Å². The van der Waals surface area contributed by atoms with Gasteiger partial charge in [-0.3, -0.25) is 14.5 Å². The Labute approximate surface area is 202 Å². The summed E-state index contributed by atoms with van der Waals surface area (Å²) in [6, 6.07) is 19.2. The third-order valence-electron chi connectivity index (χ3n) is 5.88. The van der Waals surface area contributed by atoms with Crippen LogP contribution in [0.5, 0.6) is 5.75 Å². The predicted molar refractivity (Wildman–Crippen MR) is 128 cm³/mol. The molecule has 180 valence electrons. The Bertz CT molecular complexity index is 1190. The summed E-state index contributed by atoms with van der Waals surface area (Å²) in [7, 11) is 1.61. The van der Waals surface area contributed by atoms with E-state index in [1.807, 2.05) is 24.3 Å². The van der Waals surface area contributed by atoms with Gasteiger partial charge in [-0.25, -0.2) is 9.18 Å². The Morgan fingerprint density at radius 3 is 2.49 bits per heavy atom. The number of carbonyl (C=O) groups is 3. The summed E-state index contributed by atoms with van der Waals surface area (Å²) in [5, 5.41) is 5.69. The molecule has 3 aromatic carbocycles. The number of carbonyl (C=O) groups excluding carboxylic acids is 3. The predicted octanol–water partition coefficient (Wildman–Crippen LogP) is 3.99. The molecular weight excluding hydrogens is 449 g/mol. The highest BCUT2D eigenvalue weighted by molar-refractivity contribution is 5.97. The molecule has 3 aromatic rings. The molecule has 0 radical (unpaired) electrons. The van der Waals surface area contributed by atoms with Gasteiger partial charge in [0.15, 0.2) is 0 Å². The number of nitrogens with one attached hydrogen (secondary N) is 2. The standard InChI is InChI=1S/C27H26FN3O4/c1-35-23-11-5-18(6-12-23)13-14-29-26(33)21-4-2-3-19(15-21)17-31-25(32)16-24(30-27(31)34)20-7-9-22(28)10-8-20/h2-12,15,24H,13-14,16-17H2,1H3,(H,29,33)(H,30,34). The quantitative estimate of drug-likeness (QED) is 0.516. The van der Waals surface area contributed by atoms with Crippen LogP contribution in [0.4, 0.5) is 9.18 Å². The van der Waals surface area contributed by atoms with E-state index in [0.29, 0.717) is 29.7 Å². The highest BCUT2D eigenvalue weighted by Crippen LogP contribution is 2.24. The van der Waals surface area contributed by atoms with Crippen molar-refractivity contribution in [3.8, 4) is 5.75 Å². The summed E-state index contributed by atoms with van der Waals surface area (Å²) < 4.78 is 18.3. The molecule has 4 rings (SSSR count). The summed E-state index contributed by atoms with van der Waals surface area (Å²) in [5.74, 6) is -0.168. The number of hydrogen-bond donors (Lipinski definition) is 2. The molecule has 1 aliphatic heterocycles. The molecule has 0 aromatic heterocycles. The fourth-order valence-electron chi connectivity index (χ4n) is 3.94. The van der Waals surface area contributed by atoms with E-state index in [1.54, 1.807) is 43.5 Å². The van der Waals surface area contributed by atoms with E-state index in [4.69, 9.17) is 4.74 Å². The van der Waals surface area contributed by atoms with E-state index < -0.39 is 12.1 Å². The second kappa shape index (κ2) is 10.8. The maximum absolute atomic E-state index is 13.2. The van der Waals surface area contributed by atoms with Crippen LogP contribution in [0.15, 0.2) is 72.8 Å². The Morgan fingerprint density at radius 2 is 1.80 bits per heavy atom. The van der Waals surface area contributed by atoms with Gasteiger partial charge in [0, 0.05) is 12.1 Å². The van der Waals surface area contributed by atoms with Gasteiger partial charge in [0.05, 0.1) is 26.1 Å². The van der Waals surface area contributed by atoms with Crippen molar-refractivity contribution >= 4 is 17.8 Å². The Kier molecular flexibility index (Phi) is 7.40. The van der Waals surface area contributed by atoms with E-state index in [0.717, 1.165) is 16.2 Å². The first-order valence-electron chi connectivity index (χ1n) is 11.3. The SMILES string of the molecule is COc1ccc(CCNC(=O)c2cccc(CN3C(=O)CC(c4ccc(F)cc4)NC3=O)c2)cc1. The van der Waals surface area contributed by atoms with Crippen molar-refractivity contribution in [2.24, 2.45) is 0 Å². The van der Waals surface area contributed by atoms with Crippen molar-refractivity contribution < 1.29 is 23.5 Å². The lowest BCUT2D eigenvalue weighted by Gasteiger charge is -2.31.